The molecular weight excluding hydrogens is 654 g/mol. The highest BCUT2D eigenvalue weighted by Crippen LogP contribution is 2.38. The summed E-state index contributed by atoms with van der Waals surface area (Å²) < 4.78 is 18.3. The van der Waals surface area contributed by atoms with E-state index in [0.717, 1.165) is 18.0 Å². The van der Waals surface area contributed by atoms with E-state index in [1.807, 2.05) is 19.4 Å². The third-order valence-electron chi connectivity index (χ3n) is 10.8. The summed E-state index contributed by atoms with van der Waals surface area (Å²) in [6, 6.07) is -0.313. The number of aliphatic hydroxyl groups excluding tert-OH is 4. The van der Waals surface area contributed by atoms with Crippen molar-refractivity contribution in [3.8, 4) is 0 Å². The van der Waals surface area contributed by atoms with Crippen LogP contribution in [0.25, 0.3) is 0 Å². The van der Waals surface area contributed by atoms with E-state index < -0.39 is 83.8 Å². The minimum absolute atomic E-state index is 0.0270. The summed E-state index contributed by atoms with van der Waals surface area (Å²) in [5, 5.41) is 75.5. The van der Waals surface area contributed by atoms with Crippen LogP contribution < -0.4 is 5.32 Å². The van der Waals surface area contributed by atoms with Crippen LogP contribution in [-0.4, -0.2) is 133 Å². The van der Waals surface area contributed by atoms with E-state index in [1.165, 1.54) is 20.8 Å². The molecule has 0 aromatic carbocycles. The van der Waals surface area contributed by atoms with Gasteiger partial charge in [-0.2, -0.15) is 0 Å². The zero-order valence-electron chi connectivity index (χ0n) is 30.7. The fraction of sp³-hybridized carbons (Fsp3) is 0.886. The molecule has 0 aliphatic carbocycles. The van der Waals surface area contributed by atoms with Gasteiger partial charge in [0.15, 0.2) is 6.29 Å². The van der Waals surface area contributed by atoms with Gasteiger partial charge in [0, 0.05) is 36.0 Å². The van der Waals surface area contributed by atoms with Crippen molar-refractivity contribution in [3.63, 3.8) is 0 Å². The van der Waals surface area contributed by atoms with Gasteiger partial charge in [-0.1, -0.05) is 27.7 Å². The van der Waals surface area contributed by atoms with E-state index in [1.54, 1.807) is 45.2 Å². The van der Waals surface area contributed by atoms with E-state index in [0.29, 0.717) is 19.5 Å². The van der Waals surface area contributed by atoms with Crippen molar-refractivity contribution in [1.29, 1.82) is 0 Å². The molecule has 14 heteroatoms. The van der Waals surface area contributed by atoms with Crippen molar-refractivity contribution in [2.45, 2.75) is 154 Å². The third kappa shape index (κ3) is 10.4. The fourth-order valence-corrected chi connectivity index (χ4v) is 8.26. The zero-order valence-corrected chi connectivity index (χ0v) is 31.5. The van der Waals surface area contributed by atoms with Crippen molar-refractivity contribution in [2.75, 3.05) is 20.1 Å². The molecule has 1 aromatic rings. The predicted molar refractivity (Wildman–Crippen MR) is 185 cm³/mol. The summed E-state index contributed by atoms with van der Waals surface area (Å²) in [5.41, 5.74) is -3.60. The molecule has 49 heavy (non-hydrogen) atoms. The lowest BCUT2D eigenvalue weighted by molar-refractivity contribution is -0.300. The smallest absolute Gasteiger partial charge is 0.311 e. The molecule has 7 N–H and O–H groups in total. The lowest BCUT2D eigenvalue weighted by Gasteiger charge is -2.48. The average Bonchev–Trinajstić information content (AvgIpc) is 3.57. The van der Waals surface area contributed by atoms with Gasteiger partial charge >= 0.3 is 5.97 Å². The van der Waals surface area contributed by atoms with Gasteiger partial charge in [0.25, 0.3) is 0 Å². The van der Waals surface area contributed by atoms with E-state index >= 15 is 0 Å². The Morgan fingerprint density at radius 3 is 2.35 bits per heavy atom. The number of likely N-dealkylation sites (N-methyl/N-ethyl adjacent to an activating group) is 1. The standard InChI is InChI=1S/C35H63N3O10S/c1-10-25-35(8,45)30(42)21(4)27(39)19(2)17-34(7,44)31(22(5)28(40)23(6)32(43)47-25)48-33-29(41)24(16-20(3)46-33)38(9)14-11-12-36-18-26-37-13-15-49-26/h13,15,19-25,27-31,33,36,39-42,44-45H,10-12,14,16-18H2,1-9H3/t19-,20-,21+,22+,23-,24?,25-,27+,28+,29-,30-,31-,33+,34?,35-/m1/s1. The number of aliphatic hydroxyl groups is 6. The second kappa shape index (κ2) is 18.0. The molecule has 0 spiro atoms. The number of hydrogen-bond acceptors (Lipinski definition) is 14. The SMILES string of the molecule is CC[C@H]1OC(=O)[C@H](C)[C@@H](O)[C@H](C)[C@@H](O[C@@H]2O[C@H](C)CC(N(C)CCCNCc3nccs3)[C@H]2O)C(C)(O)C[C@@H](C)[C@H](O)[C@H](C)[C@@H](O)[C@]1(C)O. The van der Waals surface area contributed by atoms with Crippen LogP contribution in [0.15, 0.2) is 11.6 Å². The summed E-state index contributed by atoms with van der Waals surface area (Å²) in [6.07, 6.45) is -5.50. The number of ether oxygens (including phenoxy) is 3. The van der Waals surface area contributed by atoms with E-state index in [9.17, 15) is 35.4 Å². The van der Waals surface area contributed by atoms with Crippen LogP contribution in [0.5, 0.6) is 0 Å². The molecule has 0 amide bonds. The lowest BCUT2D eigenvalue weighted by Crippen LogP contribution is -2.60. The number of carbonyl (C=O) groups excluding carboxylic acids is 1. The largest absolute Gasteiger partial charge is 0.459 e. The second-order valence-corrected chi connectivity index (χ2v) is 16.1. The van der Waals surface area contributed by atoms with Crippen LogP contribution >= 0.6 is 11.3 Å². The van der Waals surface area contributed by atoms with E-state index in [2.05, 4.69) is 15.2 Å². The van der Waals surface area contributed by atoms with Crippen LogP contribution in [-0.2, 0) is 25.5 Å². The molecule has 2 saturated heterocycles. The van der Waals surface area contributed by atoms with Gasteiger partial charge in [0.1, 0.15) is 22.8 Å². The van der Waals surface area contributed by atoms with Gasteiger partial charge in [0.2, 0.25) is 0 Å². The van der Waals surface area contributed by atoms with Crippen LogP contribution in [0.1, 0.15) is 86.1 Å². The highest BCUT2D eigenvalue weighted by molar-refractivity contribution is 7.09. The molecule has 13 nitrogen and oxygen atoms in total. The number of nitrogens with zero attached hydrogens (tertiary/aromatic N) is 2. The molecule has 15 atom stereocenters. The van der Waals surface area contributed by atoms with Crippen molar-refractivity contribution in [3.05, 3.63) is 16.6 Å². The summed E-state index contributed by atoms with van der Waals surface area (Å²) in [6.45, 7) is 15.2. The van der Waals surface area contributed by atoms with Gasteiger partial charge < -0.3 is 55.1 Å². The van der Waals surface area contributed by atoms with Gasteiger partial charge in [-0.05, 0) is 79.4 Å². The van der Waals surface area contributed by atoms with Gasteiger partial charge in [-0.3, -0.25) is 4.79 Å². The van der Waals surface area contributed by atoms with Crippen LogP contribution in [0.3, 0.4) is 0 Å². The van der Waals surface area contributed by atoms with Crippen molar-refractivity contribution in [1.82, 2.24) is 15.2 Å². The first-order chi connectivity index (χ1) is 22.8. The molecule has 2 aliphatic rings. The number of cyclic esters (lactones) is 1. The zero-order chi connectivity index (χ0) is 36.8. The summed E-state index contributed by atoms with van der Waals surface area (Å²) >= 11 is 1.60. The summed E-state index contributed by atoms with van der Waals surface area (Å²) in [7, 11) is 1.95. The van der Waals surface area contributed by atoms with Crippen LogP contribution in [0, 0.1) is 23.7 Å². The quantitative estimate of drug-likeness (QED) is 0.137. The topological polar surface area (TPSA) is 194 Å². The Labute approximate surface area is 296 Å². The van der Waals surface area contributed by atoms with Gasteiger partial charge in [0.05, 0.1) is 42.0 Å². The number of rotatable bonds is 10. The minimum atomic E-state index is -1.90. The van der Waals surface area contributed by atoms with Gasteiger partial charge in [-0.15, -0.1) is 11.3 Å². The Morgan fingerprint density at radius 2 is 1.73 bits per heavy atom. The first-order valence-electron chi connectivity index (χ1n) is 17.8. The first kappa shape index (κ1) is 42.1. The Bertz CT molecular complexity index is 1140. The average molecular weight is 718 g/mol. The first-order valence-corrected chi connectivity index (χ1v) is 18.7. The number of thiazole rings is 1. The fourth-order valence-electron chi connectivity index (χ4n) is 7.67. The molecule has 284 valence electrons. The van der Waals surface area contributed by atoms with Crippen molar-refractivity contribution < 1.29 is 49.6 Å². The lowest BCUT2D eigenvalue weighted by atomic mass is 9.73. The molecule has 2 fully saturated rings. The number of nitrogens with one attached hydrogen (secondary N) is 1. The Morgan fingerprint density at radius 1 is 1.06 bits per heavy atom. The highest BCUT2D eigenvalue weighted by atomic mass is 32.1. The predicted octanol–water partition coefficient (Wildman–Crippen LogP) is 1.66. The molecule has 0 bridgehead atoms. The molecule has 2 aliphatic heterocycles. The molecule has 0 saturated carbocycles. The number of carbonyl (C=O) groups is 1. The minimum Gasteiger partial charge on any atom is -0.459 e. The van der Waals surface area contributed by atoms with E-state index in [-0.39, 0.29) is 25.0 Å². The van der Waals surface area contributed by atoms with Crippen LogP contribution in [0.2, 0.25) is 0 Å². The third-order valence-corrected chi connectivity index (χ3v) is 11.6. The molecule has 3 heterocycles. The van der Waals surface area contributed by atoms with Crippen molar-refractivity contribution >= 4 is 17.3 Å². The number of esters is 1. The second-order valence-electron chi connectivity index (χ2n) is 15.1. The summed E-state index contributed by atoms with van der Waals surface area (Å²) in [5.74, 6) is -4.23. The number of hydrogen-bond donors (Lipinski definition) is 7. The molecule has 3 rings (SSSR count). The highest BCUT2D eigenvalue weighted by Gasteiger charge is 2.51. The normalized spacial score (nSPS) is 43.3. The Kier molecular flexibility index (Phi) is 15.4. The van der Waals surface area contributed by atoms with Crippen LogP contribution in [0.4, 0.5) is 0 Å². The molecule has 2 unspecified atom stereocenters. The number of aromatic nitrogens is 1. The maximum absolute atomic E-state index is 13.4. The van der Waals surface area contributed by atoms with Gasteiger partial charge in [-0.25, -0.2) is 4.98 Å². The maximum atomic E-state index is 13.4. The summed E-state index contributed by atoms with van der Waals surface area (Å²) in [4.78, 5) is 19.7. The monoisotopic (exact) mass is 717 g/mol. The maximum Gasteiger partial charge on any atom is 0.311 e. The van der Waals surface area contributed by atoms with Crippen molar-refractivity contribution in [2.24, 2.45) is 23.7 Å². The molecule has 0 radical (unpaired) electrons. The Hall–Kier alpha value is -1.30. The van der Waals surface area contributed by atoms with E-state index in [4.69, 9.17) is 14.2 Å². The Balaban J connectivity index is 1.84. The molecule has 1 aromatic heterocycles. The molecular formula is C35H63N3O10S.